The molecular formula is C13H14ClNO4S. The van der Waals surface area contributed by atoms with Crippen molar-refractivity contribution < 1.29 is 17.6 Å². The van der Waals surface area contributed by atoms with Gasteiger partial charge in [0.05, 0.1) is 29.6 Å². The molecule has 0 aliphatic carbocycles. The van der Waals surface area contributed by atoms with Crippen molar-refractivity contribution in [3.8, 4) is 5.75 Å². The van der Waals surface area contributed by atoms with Crippen LogP contribution in [0.4, 0.5) is 0 Å². The summed E-state index contributed by atoms with van der Waals surface area (Å²) in [4.78, 5) is 0.107. The smallest absolute Gasteiger partial charge is 0.240 e. The second-order valence-corrected chi connectivity index (χ2v) is 6.25. The van der Waals surface area contributed by atoms with Crippen molar-refractivity contribution in [2.45, 2.75) is 11.3 Å². The van der Waals surface area contributed by atoms with E-state index in [-0.39, 0.29) is 16.5 Å². The van der Waals surface area contributed by atoms with Crippen LogP contribution in [0.5, 0.6) is 5.75 Å². The highest BCUT2D eigenvalue weighted by atomic mass is 35.5. The number of methoxy groups -OCH3 is 1. The van der Waals surface area contributed by atoms with E-state index in [1.54, 1.807) is 18.6 Å². The van der Waals surface area contributed by atoms with E-state index in [0.717, 1.165) is 5.56 Å². The number of rotatable bonds is 6. The van der Waals surface area contributed by atoms with Gasteiger partial charge in [0, 0.05) is 6.54 Å². The minimum absolute atomic E-state index is 0.107. The lowest BCUT2D eigenvalue weighted by Gasteiger charge is -2.08. The third-order valence-corrected chi connectivity index (χ3v) is 4.47. The van der Waals surface area contributed by atoms with E-state index in [2.05, 4.69) is 4.72 Å². The highest BCUT2D eigenvalue weighted by Crippen LogP contribution is 2.26. The van der Waals surface area contributed by atoms with E-state index in [1.165, 1.54) is 25.3 Å². The monoisotopic (exact) mass is 315 g/mol. The molecule has 0 bridgehead atoms. The number of furan rings is 1. The predicted molar refractivity (Wildman–Crippen MR) is 75.6 cm³/mol. The van der Waals surface area contributed by atoms with Gasteiger partial charge in [-0.05, 0) is 36.2 Å². The minimum Gasteiger partial charge on any atom is -0.495 e. The Bertz CT molecular complexity index is 668. The topological polar surface area (TPSA) is 68.5 Å². The summed E-state index contributed by atoms with van der Waals surface area (Å²) in [5.74, 6) is 0.434. The van der Waals surface area contributed by atoms with E-state index in [1.807, 2.05) is 0 Å². The van der Waals surface area contributed by atoms with Gasteiger partial charge in [0.15, 0.2) is 0 Å². The molecule has 5 nitrogen and oxygen atoms in total. The largest absolute Gasteiger partial charge is 0.495 e. The maximum Gasteiger partial charge on any atom is 0.240 e. The zero-order chi connectivity index (χ0) is 14.6. The molecule has 2 aromatic rings. The van der Waals surface area contributed by atoms with Gasteiger partial charge >= 0.3 is 0 Å². The summed E-state index contributed by atoms with van der Waals surface area (Å²) >= 11 is 5.92. The maximum absolute atomic E-state index is 12.1. The highest BCUT2D eigenvalue weighted by Gasteiger charge is 2.15. The van der Waals surface area contributed by atoms with E-state index >= 15 is 0 Å². The lowest BCUT2D eigenvalue weighted by atomic mass is 10.2. The van der Waals surface area contributed by atoms with Crippen LogP contribution in [0.25, 0.3) is 0 Å². The molecule has 0 aliphatic heterocycles. The molecule has 0 spiro atoms. The number of nitrogens with one attached hydrogen (secondary N) is 1. The van der Waals surface area contributed by atoms with Gasteiger partial charge in [0.1, 0.15) is 5.75 Å². The van der Waals surface area contributed by atoms with Crippen molar-refractivity contribution in [2.75, 3.05) is 13.7 Å². The number of benzene rings is 1. The normalized spacial score (nSPS) is 11.5. The maximum atomic E-state index is 12.1. The van der Waals surface area contributed by atoms with Crippen LogP contribution in [0, 0.1) is 0 Å². The molecule has 0 unspecified atom stereocenters. The minimum atomic E-state index is -3.58. The fourth-order valence-electron chi connectivity index (χ4n) is 1.66. The van der Waals surface area contributed by atoms with E-state index in [0.29, 0.717) is 12.2 Å². The Kier molecular flexibility index (Phi) is 4.69. The van der Waals surface area contributed by atoms with Gasteiger partial charge in [-0.1, -0.05) is 11.6 Å². The number of halogens is 1. The summed E-state index contributed by atoms with van der Waals surface area (Å²) < 4.78 is 36.6. The predicted octanol–water partition coefficient (Wildman–Crippen LogP) is 2.46. The summed E-state index contributed by atoms with van der Waals surface area (Å²) in [7, 11) is -2.11. The van der Waals surface area contributed by atoms with Gasteiger partial charge in [-0.2, -0.15) is 0 Å². The summed E-state index contributed by atoms with van der Waals surface area (Å²) in [6, 6.07) is 6.12. The number of hydrogen-bond donors (Lipinski definition) is 1. The molecule has 7 heteroatoms. The molecular weight excluding hydrogens is 302 g/mol. The fraction of sp³-hybridized carbons (Fsp3) is 0.231. The molecule has 1 aromatic heterocycles. The molecule has 1 aromatic carbocycles. The van der Waals surface area contributed by atoms with Gasteiger partial charge in [-0.25, -0.2) is 13.1 Å². The van der Waals surface area contributed by atoms with Gasteiger partial charge in [-0.15, -0.1) is 0 Å². The summed E-state index contributed by atoms with van der Waals surface area (Å²) in [6.45, 7) is 0.283. The van der Waals surface area contributed by atoms with Crippen LogP contribution in [-0.2, 0) is 16.4 Å². The van der Waals surface area contributed by atoms with Crippen molar-refractivity contribution in [3.63, 3.8) is 0 Å². The van der Waals surface area contributed by atoms with Crippen LogP contribution < -0.4 is 9.46 Å². The third-order valence-electron chi connectivity index (χ3n) is 2.72. The summed E-state index contributed by atoms with van der Waals surface area (Å²) in [5.41, 5.74) is 0.931. The lowest BCUT2D eigenvalue weighted by molar-refractivity contribution is 0.414. The molecule has 0 saturated heterocycles. The Labute approximate surface area is 122 Å². The van der Waals surface area contributed by atoms with E-state index in [9.17, 15) is 8.42 Å². The average Bonchev–Trinajstić information content (AvgIpc) is 2.91. The molecule has 0 amide bonds. The van der Waals surface area contributed by atoms with Crippen molar-refractivity contribution in [2.24, 2.45) is 0 Å². The number of sulfonamides is 1. The molecule has 0 radical (unpaired) electrons. The van der Waals surface area contributed by atoms with Gasteiger partial charge in [0.2, 0.25) is 10.0 Å². The first-order chi connectivity index (χ1) is 9.53. The van der Waals surface area contributed by atoms with Crippen LogP contribution in [0.2, 0.25) is 5.02 Å². The highest BCUT2D eigenvalue weighted by molar-refractivity contribution is 7.89. The van der Waals surface area contributed by atoms with Crippen LogP contribution in [0.1, 0.15) is 5.56 Å². The van der Waals surface area contributed by atoms with Gasteiger partial charge in [0.25, 0.3) is 0 Å². The van der Waals surface area contributed by atoms with Crippen LogP contribution in [0.3, 0.4) is 0 Å². The van der Waals surface area contributed by atoms with Crippen molar-refractivity contribution >= 4 is 21.6 Å². The van der Waals surface area contributed by atoms with Crippen molar-refractivity contribution in [1.82, 2.24) is 4.72 Å². The lowest BCUT2D eigenvalue weighted by Crippen LogP contribution is -2.25. The standard InChI is InChI=1S/C13H14ClNO4S/c1-18-13-3-2-11(8-12(13)14)20(16,17)15-6-4-10-5-7-19-9-10/h2-3,5,7-9,15H,4,6H2,1H3. The average molecular weight is 316 g/mol. The molecule has 20 heavy (non-hydrogen) atoms. The molecule has 0 fully saturated rings. The second-order valence-electron chi connectivity index (χ2n) is 4.08. The zero-order valence-electron chi connectivity index (χ0n) is 10.8. The Hall–Kier alpha value is -1.50. The molecule has 108 valence electrons. The first-order valence-corrected chi connectivity index (χ1v) is 7.73. The molecule has 1 N–H and O–H groups in total. The summed E-state index contributed by atoms with van der Waals surface area (Å²) in [6.07, 6.45) is 3.69. The molecule has 1 heterocycles. The Morgan fingerprint density at radius 2 is 2.15 bits per heavy atom. The number of hydrogen-bond acceptors (Lipinski definition) is 4. The van der Waals surface area contributed by atoms with E-state index in [4.69, 9.17) is 20.8 Å². The quantitative estimate of drug-likeness (QED) is 0.889. The Balaban J connectivity index is 2.04. The van der Waals surface area contributed by atoms with Crippen LogP contribution in [-0.4, -0.2) is 22.1 Å². The number of ether oxygens (including phenoxy) is 1. The van der Waals surface area contributed by atoms with E-state index < -0.39 is 10.0 Å². The van der Waals surface area contributed by atoms with Crippen LogP contribution in [0.15, 0.2) is 46.1 Å². The molecule has 2 rings (SSSR count). The van der Waals surface area contributed by atoms with Crippen molar-refractivity contribution in [1.29, 1.82) is 0 Å². The zero-order valence-corrected chi connectivity index (χ0v) is 12.4. The SMILES string of the molecule is COc1ccc(S(=O)(=O)NCCc2ccoc2)cc1Cl. The van der Waals surface area contributed by atoms with Crippen LogP contribution >= 0.6 is 11.6 Å². The van der Waals surface area contributed by atoms with Crippen molar-refractivity contribution in [3.05, 3.63) is 47.4 Å². The fourth-order valence-corrected chi connectivity index (χ4v) is 3.04. The molecule has 0 aliphatic rings. The molecule has 0 atom stereocenters. The van der Waals surface area contributed by atoms with Gasteiger partial charge < -0.3 is 9.15 Å². The first kappa shape index (κ1) is 14.9. The second kappa shape index (κ2) is 6.30. The van der Waals surface area contributed by atoms with Gasteiger partial charge in [-0.3, -0.25) is 0 Å². The first-order valence-electron chi connectivity index (χ1n) is 5.87. The Morgan fingerprint density at radius 1 is 1.35 bits per heavy atom. The third kappa shape index (κ3) is 3.53. The summed E-state index contributed by atoms with van der Waals surface area (Å²) in [5, 5.41) is 0.255. The molecule has 0 saturated carbocycles. The Morgan fingerprint density at radius 3 is 2.75 bits per heavy atom.